The topological polar surface area (TPSA) is 45.2 Å². The van der Waals surface area contributed by atoms with Gasteiger partial charge in [-0.25, -0.2) is 4.98 Å². The lowest BCUT2D eigenvalue weighted by Crippen LogP contribution is -2.40. The lowest BCUT2D eigenvalue weighted by Gasteiger charge is -2.34. The Balaban J connectivity index is 1.52. The third-order valence-corrected chi connectivity index (χ3v) is 8.09. The molecule has 1 saturated carbocycles. The summed E-state index contributed by atoms with van der Waals surface area (Å²) in [6.07, 6.45) is 3.23. The van der Waals surface area contributed by atoms with Crippen LogP contribution in [-0.2, 0) is 4.79 Å². The number of aromatic nitrogens is 1. The van der Waals surface area contributed by atoms with Gasteiger partial charge in [-0.2, -0.15) is 0 Å². The number of benzene rings is 1. The summed E-state index contributed by atoms with van der Waals surface area (Å²) < 4.78 is 1.22. The first-order valence-corrected chi connectivity index (χ1v) is 11.2. The van der Waals surface area contributed by atoms with E-state index in [9.17, 15) is 4.79 Å². The summed E-state index contributed by atoms with van der Waals surface area (Å²) in [6.45, 7) is 5.57. The molecule has 3 aliphatic rings. The van der Waals surface area contributed by atoms with Crippen LogP contribution >= 0.6 is 23.1 Å². The number of thiazole rings is 1. The second-order valence-electron chi connectivity index (χ2n) is 7.44. The second-order valence-corrected chi connectivity index (χ2v) is 9.72. The van der Waals surface area contributed by atoms with Gasteiger partial charge in [0, 0.05) is 29.2 Å². The number of nitrogens with zero attached hydrogens (tertiary/aromatic N) is 2. The number of hydrogen-bond donors (Lipinski definition) is 1. The highest BCUT2D eigenvalue weighted by molar-refractivity contribution is 8.04. The lowest BCUT2D eigenvalue weighted by molar-refractivity contribution is -0.121. The van der Waals surface area contributed by atoms with Crippen molar-refractivity contribution in [2.45, 2.75) is 31.4 Å². The summed E-state index contributed by atoms with van der Waals surface area (Å²) in [7, 11) is 0. The maximum absolute atomic E-state index is 12.5. The normalized spacial score (nSPS) is 26.3. The van der Waals surface area contributed by atoms with Crippen LogP contribution in [0.1, 0.15) is 31.2 Å². The number of likely N-dealkylation sites (tertiary alicyclic amines) is 1. The molecule has 1 saturated heterocycles. The number of allylic oxidation sites excluding steroid dienone is 1. The predicted octanol–water partition coefficient (Wildman–Crippen LogP) is 3.95. The first-order chi connectivity index (χ1) is 12.7. The van der Waals surface area contributed by atoms with Gasteiger partial charge in [0.15, 0.2) is 0 Å². The first-order valence-electron chi connectivity index (χ1n) is 9.53. The average Bonchev–Trinajstić information content (AvgIpc) is 3.33. The molecule has 0 bridgehead atoms. The number of piperidine rings is 1. The fourth-order valence-corrected chi connectivity index (χ4v) is 6.70. The van der Waals surface area contributed by atoms with Crippen LogP contribution in [0.25, 0.3) is 15.8 Å². The highest BCUT2D eigenvalue weighted by Crippen LogP contribution is 2.50. The number of thioether (sulfide) groups is 1. The number of fused-ring (bicyclic) bond motifs is 2. The molecule has 136 valence electrons. The van der Waals surface area contributed by atoms with Gasteiger partial charge >= 0.3 is 0 Å². The zero-order valence-electron chi connectivity index (χ0n) is 14.9. The maximum Gasteiger partial charge on any atom is 0.227 e. The molecule has 2 aliphatic heterocycles. The van der Waals surface area contributed by atoms with Gasteiger partial charge in [0.1, 0.15) is 5.01 Å². The number of carbonyl (C=O) groups is 1. The number of para-hydroxylation sites is 1. The summed E-state index contributed by atoms with van der Waals surface area (Å²) in [4.78, 5) is 19.9. The van der Waals surface area contributed by atoms with Crippen LogP contribution in [0.3, 0.4) is 0 Å². The average molecular weight is 386 g/mol. The summed E-state index contributed by atoms with van der Waals surface area (Å²) >= 11 is 3.64. The number of rotatable bonds is 4. The van der Waals surface area contributed by atoms with Crippen molar-refractivity contribution >= 4 is 44.8 Å². The van der Waals surface area contributed by atoms with Crippen molar-refractivity contribution in [1.29, 1.82) is 0 Å². The number of carbonyl (C=O) groups excluding carboxylic acids is 1. The van der Waals surface area contributed by atoms with E-state index in [4.69, 9.17) is 4.98 Å². The smallest absolute Gasteiger partial charge is 0.227 e. The van der Waals surface area contributed by atoms with E-state index in [0.717, 1.165) is 54.5 Å². The van der Waals surface area contributed by atoms with E-state index in [1.54, 1.807) is 11.3 Å². The Kier molecular flexibility index (Phi) is 4.30. The minimum atomic E-state index is 0.206. The second kappa shape index (κ2) is 6.66. The molecule has 26 heavy (non-hydrogen) atoms. The van der Waals surface area contributed by atoms with Crippen molar-refractivity contribution in [2.75, 3.05) is 19.6 Å². The van der Waals surface area contributed by atoms with Crippen LogP contribution in [-0.4, -0.2) is 40.7 Å². The van der Waals surface area contributed by atoms with Gasteiger partial charge in [-0.1, -0.05) is 19.1 Å². The Labute approximate surface area is 162 Å². The molecule has 2 atom stereocenters. The number of hydrogen-bond acceptors (Lipinski definition) is 5. The van der Waals surface area contributed by atoms with Crippen molar-refractivity contribution in [3.05, 3.63) is 34.3 Å². The Morgan fingerprint density at radius 2 is 2.15 bits per heavy atom. The zero-order chi connectivity index (χ0) is 17.7. The van der Waals surface area contributed by atoms with E-state index in [2.05, 4.69) is 35.3 Å². The van der Waals surface area contributed by atoms with Gasteiger partial charge < -0.3 is 10.2 Å². The fraction of sp³-hybridized carbons (Fsp3) is 0.500. The lowest BCUT2D eigenvalue weighted by atomic mass is 9.89. The van der Waals surface area contributed by atoms with Crippen LogP contribution in [0.15, 0.2) is 29.3 Å². The Hall–Kier alpha value is -1.37. The molecule has 1 aromatic carbocycles. The molecule has 5 rings (SSSR count). The summed E-state index contributed by atoms with van der Waals surface area (Å²) in [5.41, 5.74) is 2.36. The van der Waals surface area contributed by atoms with E-state index < -0.39 is 0 Å². The van der Waals surface area contributed by atoms with Crippen molar-refractivity contribution in [3.8, 4) is 0 Å². The Morgan fingerprint density at radius 3 is 2.92 bits per heavy atom. The van der Waals surface area contributed by atoms with Gasteiger partial charge in [-0.15, -0.1) is 23.1 Å². The van der Waals surface area contributed by atoms with Crippen molar-refractivity contribution in [3.63, 3.8) is 0 Å². The minimum absolute atomic E-state index is 0.206. The van der Waals surface area contributed by atoms with Gasteiger partial charge in [0.2, 0.25) is 5.91 Å². The largest absolute Gasteiger partial charge is 0.320 e. The third kappa shape index (κ3) is 2.98. The fourth-order valence-electron chi connectivity index (χ4n) is 4.00. The van der Waals surface area contributed by atoms with Crippen molar-refractivity contribution in [1.82, 2.24) is 15.2 Å². The van der Waals surface area contributed by atoms with E-state index in [0.29, 0.717) is 11.2 Å². The molecule has 1 aromatic heterocycles. The number of nitrogens with one attached hydrogen (secondary N) is 1. The first kappa shape index (κ1) is 16.8. The number of amides is 1. The van der Waals surface area contributed by atoms with Crippen LogP contribution in [0.4, 0.5) is 0 Å². The Bertz CT molecular complexity index is 853. The van der Waals surface area contributed by atoms with E-state index in [1.165, 1.54) is 10.3 Å². The predicted molar refractivity (Wildman–Crippen MR) is 109 cm³/mol. The summed E-state index contributed by atoms with van der Waals surface area (Å²) in [5, 5.41) is 5.98. The molecule has 6 heteroatoms. The Morgan fingerprint density at radius 1 is 1.31 bits per heavy atom. The molecule has 0 spiro atoms. The van der Waals surface area contributed by atoms with Crippen molar-refractivity contribution < 1.29 is 4.79 Å². The molecule has 1 aliphatic carbocycles. The van der Waals surface area contributed by atoms with Gasteiger partial charge in [-0.05, 0) is 44.5 Å². The van der Waals surface area contributed by atoms with Crippen LogP contribution < -0.4 is 5.32 Å². The van der Waals surface area contributed by atoms with Crippen LogP contribution in [0.2, 0.25) is 0 Å². The molecule has 2 aromatic rings. The van der Waals surface area contributed by atoms with Crippen LogP contribution in [0, 0.1) is 11.8 Å². The third-order valence-electron chi connectivity index (χ3n) is 5.68. The van der Waals surface area contributed by atoms with Gasteiger partial charge in [0.25, 0.3) is 0 Å². The highest BCUT2D eigenvalue weighted by atomic mass is 32.2. The molecule has 4 nitrogen and oxygen atoms in total. The molecule has 0 radical (unpaired) electrons. The van der Waals surface area contributed by atoms with Gasteiger partial charge in [0.05, 0.1) is 15.2 Å². The highest BCUT2D eigenvalue weighted by Gasteiger charge is 2.42. The molecule has 1 amide bonds. The SMILES string of the molecule is CCN1CCC2C(c3nc4ccccc4s3)=C(NC(=O)C3CC3)SC2C1. The molecule has 2 unspecified atom stereocenters. The molecule has 1 N–H and O–H groups in total. The standard InChI is InChI=1S/C20H23N3OS2/c1-2-23-10-9-13-16(11-23)26-20(22-18(24)12-7-8-12)17(13)19-21-14-5-3-4-6-15(14)25-19/h3-6,12-13,16H,2,7-11H2,1H3,(H,22,24). The monoisotopic (exact) mass is 385 g/mol. The summed E-state index contributed by atoms with van der Waals surface area (Å²) in [6, 6.07) is 8.33. The summed E-state index contributed by atoms with van der Waals surface area (Å²) in [5.74, 6) is 0.935. The van der Waals surface area contributed by atoms with E-state index in [-0.39, 0.29) is 11.8 Å². The quantitative estimate of drug-likeness (QED) is 0.866. The molecular weight excluding hydrogens is 362 g/mol. The minimum Gasteiger partial charge on any atom is -0.320 e. The molecule has 2 fully saturated rings. The van der Waals surface area contributed by atoms with Crippen LogP contribution in [0.5, 0.6) is 0 Å². The maximum atomic E-state index is 12.5. The van der Waals surface area contributed by atoms with Crippen molar-refractivity contribution in [2.24, 2.45) is 11.8 Å². The molecular formula is C20H23N3OS2. The molecule has 3 heterocycles. The van der Waals surface area contributed by atoms with E-state index >= 15 is 0 Å². The zero-order valence-corrected chi connectivity index (χ0v) is 16.5. The van der Waals surface area contributed by atoms with Gasteiger partial charge in [-0.3, -0.25) is 4.79 Å². The van der Waals surface area contributed by atoms with E-state index in [1.807, 2.05) is 17.8 Å².